The minimum Gasteiger partial charge on any atom is -0.480 e. The first-order valence-corrected chi connectivity index (χ1v) is 4.13. The Morgan fingerprint density at radius 3 is 1.55 bits per heavy atom. The average Bonchev–Trinajstić information content (AvgIpc) is 2.41. The van der Waals surface area contributed by atoms with Crippen LogP contribution >= 0.6 is 0 Å². The smallest absolute Gasteiger partial charge is 0.320 e. The van der Waals surface area contributed by atoms with Crippen molar-refractivity contribution in [1.29, 1.82) is 0 Å². The average molecular weight is 159 g/mol. The zero-order valence-corrected chi connectivity index (χ0v) is 7.05. The normalized spacial score (nSPS) is 18.4. The van der Waals surface area contributed by atoms with Crippen molar-refractivity contribution in [2.75, 3.05) is 0 Å². The number of carboxylic acid groups (broad SMARTS) is 1. The number of hydrogen-bond donors (Lipinski definition) is 2. The molecule has 0 aromatic carbocycles. The molecule has 0 amide bonds. The van der Waals surface area contributed by atoms with Gasteiger partial charge in [0.2, 0.25) is 0 Å². The van der Waals surface area contributed by atoms with Crippen LogP contribution in [0.3, 0.4) is 0 Å². The minimum atomic E-state index is -0.963. The topological polar surface area (TPSA) is 63.3 Å². The van der Waals surface area contributed by atoms with Crippen molar-refractivity contribution in [3.05, 3.63) is 0 Å². The van der Waals surface area contributed by atoms with Crippen molar-refractivity contribution in [3.8, 4) is 0 Å². The summed E-state index contributed by atoms with van der Waals surface area (Å²) in [5.74, 6) is -0.963. The second-order valence-corrected chi connectivity index (χ2v) is 2.89. The highest BCUT2D eigenvalue weighted by Gasteiger charge is 1.99. The van der Waals surface area contributed by atoms with E-state index in [1.807, 2.05) is 0 Å². The molecule has 11 heavy (non-hydrogen) atoms. The lowest BCUT2D eigenvalue weighted by atomic mass is 10.4. The summed E-state index contributed by atoms with van der Waals surface area (Å²) < 4.78 is 0. The van der Waals surface area contributed by atoms with Gasteiger partial charge in [0.15, 0.2) is 0 Å². The molecule has 0 heterocycles. The van der Waals surface area contributed by atoms with Crippen LogP contribution in [-0.4, -0.2) is 17.1 Å². The molecule has 0 saturated heterocycles. The molecule has 1 aliphatic rings. The Morgan fingerprint density at radius 2 is 1.45 bits per heavy atom. The van der Waals surface area contributed by atoms with Crippen LogP contribution < -0.4 is 5.73 Å². The maximum absolute atomic E-state index is 9.57. The van der Waals surface area contributed by atoms with Crippen LogP contribution in [0.4, 0.5) is 0 Å². The van der Waals surface area contributed by atoms with E-state index in [-0.39, 0.29) is 0 Å². The summed E-state index contributed by atoms with van der Waals surface area (Å²) in [6, 6.07) is -0.731. The van der Waals surface area contributed by atoms with E-state index in [1.165, 1.54) is 39.0 Å². The molecule has 0 aromatic rings. The van der Waals surface area contributed by atoms with Crippen LogP contribution in [-0.2, 0) is 4.79 Å². The molecule has 1 atom stereocenters. The van der Waals surface area contributed by atoms with E-state index < -0.39 is 12.0 Å². The first-order valence-electron chi connectivity index (χ1n) is 4.13. The lowest BCUT2D eigenvalue weighted by molar-refractivity contribution is -0.138. The third-order valence-corrected chi connectivity index (χ3v) is 1.64. The Kier molecular flexibility index (Phi) is 5.84. The molecule has 0 aliphatic heterocycles. The number of rotatable bonds is 1. The van der Waals surface area contributed by atoms with E-state index in [0.29, 0.717) is 0 Å². The van der Waals surface area contributed by atoms with Gasteiger partial charge in [-0.1, -0.05) is 32.1 Å². The maximum Gasteiger partial charge on any atom is 0.320 e. The van der Waals surface area contributed by atoms with Crippen molar-refractivity contribution < 1.29 is 9.90 Å². The van der Waals surface area contributed by atoms with Crippen LogP contribution in [0.5, 0.6) is 0 Å². The number of carboxylic acids is 1. The molecule has 1 aliphatic carbocycles. The Bertz CT molecular complexity index is 101. The van der Waals surface area contributed by atoms with Crippen molar-refractivity contribution in [2.24, 2.45) is 5.73 Å². The lowest BCUT2D eigenvalue weighted by Crippen LogP contribution is -2.25. The van der Waals surface area contributed by atoms with Gasteiger partial charge in [0, 0.05) is 0 Å². The highest BCUT2D eigenvalue weighted by Crippen LogP contribution is 2.15. The van der Waals surface area contributed by atoms with Crippen molar-refractivity contribution in [2.45, 2.75) is 45.1 Å². The van der Waals surface area contributed by atoms with E-state index in [1.54, 1.807) is 0 Å². The van der Waals surface area contributed by atoms with E-state index in [2.05, 4.69) is 0 Å². The van der Waals surface area contributed by atoms with Gasteiger partial charge in [0.1, 0.15) is 6.04 Å². The van der Waals surface area contributed by atoms with Gasteiger partial charge >= 0.3 is 5.97 Å². The molecule has 1 rings (SSSR count). The molecule has 0 unspecified atom stereocenters. The van der Waals surface area contributed by atoms with Crippen LogP contribution in [0.2, 0.25) is 0 Å². The van der Waals surface area contributed by atoms with Gasteiger partial charge in [0.05, 0.1) is 0 Å². The van der Waals surface area contributed by atoms with Crippen molar-refractivity contribution in [1.82, 2.24) is 0 Å². The number of carbonyl (C=O) groups is 1. The van der Waals surface area contributed by atoms with Gasteiger partial charge < -0.3 is 10.8 Å². The molecule has 3 N–H and O–H groups in total. The van der Waals surface area contributed by atoms with Crippen molar-refractivity contribution >= 4 is 5.97 Å². The first-order chi connectivity index (χ1) is 5.14. The molecular formula is C8H17NO2. The second kappa shape index (κ2) is 6.16. The molecule has 0 radical (unpaired) electrons. The molecule has 66 valence electrons. The lowest BCUT2D eigenvalue weighted by Gasteiger charge is -1.90. The Morgan fingerprint density at radius 1 is 1.27 bits per heavy atom. The molecule has 1 saturated carbocycles. The predicted octanol–water partition coefficient (Wildman–Crippen LogP) is 1.37. The fraction of sp³-hybridized carbons (Fsp3) is 0.875. The summed E-state index contributed by atoms with van der Waals surface area (Å²) in [6.45, 7) is 1.42. The Hall–Kier alpha value is -0.570. The van der Waals surface area contributed by atoms with Gasteiger partial charge in [-0.25, -0.2) is 0 Å². The third kappa shape index (κ3) is 7.33. The van der Waals surface area contributed by atoms with Gasteiger partial charge in [-0.05, 0) is 6.92 Å². The number of hydrogen-bond acceptors (Lipinski definition) is 2. The fourth-order valence-electron chi connectivity index (χ4n) is 0.884. The quantitative estimate of drug-likeness (QED) is 0.607. The van der Waals surface area contributed by atoms with E-state index in [0.717, 1.165) is 0 Å². The largest absolute Gasteiger partial charge is 0.480 e. The molecule has 1 fully saturated rings. The molecule has 3 heteroatoms. The third-order valence-electron chi connectivity index (χ3n) is 1.64. The van der Waals surface area contributed by atoms with Gasteiger partial charge in [-0.2, -0.15) is 0 Å². The highest BCUT2D eigenvalue weighted by atomic mass is 16.4. The van der Waals surface area contributed by atoms with Gasteiger partial charge in [-0.3, -0.25) is 4.79 Å². The molecule has 3 nitrogen and oxygen atoms in total. The molecule has 0 spiro atoms. The fourth-order valence-corrected chi connectivity index (χ4v) is 0.884. The van der Waals surface area contributed by atoms with Crippen LogP contribution in [0.15, 0.2) is 0 Å². The second-order valence-electron chi connectivity index (χ2n) is 2.89. The van der Waals surface area contributed by atoms with E-state index in [4.69, 9.17) is 10.8 Å². The highest BCUT2D eigenvalue weighted by molar-refractivity contribution is 5.72. The molecular weight excluding hydrogens is 142 g/mol. The number of aliphatic carboxylic acids is 1. The Labute approximate surface area is 67.6 Å². The Balaban J connectivity index is 0.000000183. The molecule has 0 bridgehead atoms. The maximum atomic E-state index is 9.57. The van der Waals surface area contributed by atoms with Crippen LogP contribution in [0, 0.1) is 0 Å². The van der Waals surface area contributed by atoms with Gasteiger partial charge in [-0.15, -0.1) is 0 Å². The summed E-state index contributed by atoms with van der Waals surface area (Å²) in [7, 11) is 0. The number of nitrogens with two attached hydrogens (primary N) is 1. The zero-order chi connectivity index (χ0) is 8.69. The SMILES string of the molecule is C1CCCC1.C[C@H](N)C(=O)O. The summed E-state index contributed by atoms with van der Waals surface area (Å²) in [5, 5.41) is 7.87. The zero-order valence-electron chi connectivity index (χ0n) is 7.05. The van der Waals surface area contributed by atoms with E-state index in [9.17, 15) is 4.79 Å². The predicted molar refractivity (Wildman–Crippen MR) is 44.4 cm³/mol. The summed E-state index contributed by atoms with van der Waals surface area (Å²) in [6.07, 6.45) is 7.50. The summed E-state index contributed by atoms with van der Waals surface area (Å²) in [5.41, 5.74) is 4.84. The van der Waals surface area contributed by atoms with Crippen molar-refractivity contribution in [3.63, 3.8) is 0 Å². The summed E-state index contributed by atoms with van der Waals surface area (Å²) >= 11 is 0. The molecule has 0 aromatic heterocycles. The minimum absolute atomic E-state index is 0.731. The van der Waals surface area contributed by atoms with E-state index >= 15 is 0 Å². The standard InChI is InChI=1S/C5H10.C3H7NO2/c1-2-4-5-3-1;1-2(4)3(5)6/h1-5H2;2H,4H2,1H3,(H,5,6)/t;2-/m.0/s1. The van der Waals surface area contributed by atoms with Gasteiger partial charge in [0.25, 0.3) is 0 Å². The summed E-state index contributed by atoms with van der Waals surface area (Å²) in [4.78, 5) is 9.57. The van der Waals surface area contributed by atoms with Crippen LogP contribution in [0.25, 0.3) is 0 Å². The van der Waals surface area contributed by atoms with Crippen LogP contribution in [0.1, 0.15) is 39.0 Å². The monoisotopic (exact) mass is 159 g/mol. The first kappa shape index (κ1) is 10.4.